The molecule has 2 nitrogen and oxygen atoms in total. The van der Waals surface area contributed by atoms with E-state index >= 15 is 0 Å². The van der Waals surface area contributed by atoms with Crippen molar-refractivity contribution in [1.29, 1.82) is 0 Å². The molecule has 0 bridgehead atoms. The number of thiophene rings is 1. The summed E-state index contributed by atoms with van der Waals surface area (Å²) in [7, 11) is 0. The van der Waals surface area contributed by atoms with Gasteiger partial charge in [0.1, 0.15) is 0 Å². The number of nitrogens with two attached hydrogens (primary N) is 1. The lowest BCUT2D eigenvalue weighted by atomic mass is 9.85. The zero-order valence-electron chi connectivity index (χ0n) is 9.12. The van der Waals surface area contributed by atoms with E-state index in [1.54, 1.807) is 11.3 Å². The summed E-state index contributed by atoms with van der Waals surface area (Å²) in [5.74, 6) is 0.732. The molecule has 2 atom stereocenters. The van der Waals surface area contributed by atoms with Crippen molar-refractivity contribution in [3.63, 3.8) is 0 Å². The van der Waals surface area contributed by atoms with Gasteiger partial charge in [-0.3, -0.25) is 0 Å². The second kappa shape index (κ2) is 4.09. The smallest absolute Gasteiger partial charge is 0.0786 e. The van der Waals surface area contributed by atoms with Crippen LogP contribution in [0.25, 0.3) is 0 Å². The zero-order valence-corrected chi connectivity index (χ0v) is 11.5. The second-order valence-electron chi connectivity index (χ2n) is 4.99. The van der Waals surface area contributed by atoms with Crippen molar-refractivity contribution in [3.05, 3.63) is 20.8 Å². The summed E-state index contributed by atoms with van der Waals surface area (Å²) >= 11 is 5.29. The molecule has 4 heteroatoms. The molecule has 1 saturated heterocycles. The Morgan fingerprint density at radius 1 is 1.50 bits per heavy atom. The van der Waals surface area contributed by atoms with Gasteiger partial charge in [0, 0.05) is 23.4 Å². The fraction of sp³-hybridized carbons (Fsp3) is 0.667. The Balaban J connectivity index is 1.76. The number of hydrogen-bond acceptors (Lipinski definition) is 3. The lowest BCUT2D eigenvalue weighted by molar-refractivity contribution is 0.0629. The van der Waals surface area contributed by atoms with Crippen molar-refractivity contribution in [2.75, 3.05) is 6.61 Å². The standard InChI is InChI=1S/C12H16BrNOS/c13-10-4-3-9(16-10)7-12(14)5-6-15-11(12)8-1-2-8/h3-4,8,11H,1-2,5-7,14H2. The van der Waals surface area contributed by atoms with Gasteiger partial charge in [-0.1, -0.05) is 0 Å². The van der Waals surface area contributed by atoms with Gasteiger partial charge in [0.05, 0.1) is 9.89 Å². The van der Waals surface area contributed by atoms with E-state index in [1.807, 2.05) is 0 Å². The Morgan fingerprint density at radius 2 is 2.31 bits per heavy atom. The first-order chi connectivity index (χ1) is 7.67. The monoisotopic (exact) mass is 301 g/mol. The predicted molar refractivity (Wildman–Crippen MR) is 69.7 cm³/mol. The molecule has 88 valence electrons. The normalized spacial score (nSPS) is 34.5. The average molecular weight is 302 g/mol. The Morgan fingerprint density at radius 3 is 2.94 bits per heavy atom. The van der Waals surface area contributed by atoms with E-state index < -0.39 is 0 Å². The first-order valence-electron chi connectivity index (χ1n) is 5.82. The highest BCUT2D eigenvalue weighted by atomic mass is 79.9. The fourth-order valence-corrected chi connectivity index (χ4v) is 4.27. The highest BCUT2D eigenvalue weighted by Crippen LogP contribution is 2.44. The van der Waals surface area contributed by atoms with Gasteiger partial charge in [0.15, 0.2) is 0 Å². The van der Waals surface area contributed by atoms with Gasteiger partial charge in [-0.15, -0.1) is 11.3 Å². The summed E-state index contributed by atoms with van der Waals surface area (Å²) in [6.07, 6.45) is 4.87. The van der Waals surface area contributed by atoms with Gasteiger partial charge in [-0.25, -0.2) is 0 Å². The van der Waals surface area contributed by atoms with Gasteiger partial charge in [-0.05, 0) is 53.2 Å². The van der Waals surface area contributed by atoms with Crippen LogP contribution in [0.3, 0.4) is 0 Å². The van der Waals surface area contributed by atoms with E-state index in [0.717, 1.165) is 25.4 Å². The van der Waals surface area contributed by atoms with Gasteiger partial charge in [-0.2, -0.15) is 0 Å². The van der Waals surface area contributed by atoms with Crippen molar-refractivity contribution in [2.45, 2.75) is 37.3 Å². The van der Waals surface area contributed by atoms with Crippen molar-refractivity contribution in [2.24, 2.45) is 11.7 Å². The minimum absolute atomic E-state index is 0.120. The van der Waals surface area contributed by atoms with Crippen molar-refractivity contribution in [1.82, 2.24) is 0 Å². The molecule has 0 radical (unpaired) electrons. The van der Waals surface area contributed by atoms with Crippen LogP contribution in [0.15, 0.2) is 15.9 Å². The van der Waals surface area contributed by atoms with Crippen LogP contribution in [0.1, 0.15) is 24.1 Å². The molecule has 0 amide bonds. The third kappa shape index (κ3) is 2.08. The molecule has 2 aliphatic rings. The summed E-state index contributed by atoms with van der Waals surface area (Å²) in [5.41, 5.74) is 6.43. The number of hydrogen-bond donors (Lipinski definition) is 1. The van der Waals surface area contributed by atoms with Gasteiger partial charge >= 0.3 is 0 Å². The topological polar surface area (TPSA) is 35.2 Å². The van der Waals surface area contributed by atoms with Crippen LogP contribution in [0.4, 0.5) is 0 Å². The third-order valence-electron chi connectivity index (χ3n) is 3.61. The zero-order chi connectivity index (χ0) is 11.2. The van der Waals surface area contributed by atoms with E-state index in [2.05, 4.69) is 28.1 Å². The predicted octanol–water partition coefficient (Wildman–Crippen LogP) is 2.95. The SMILES string of the molecule is NC1(Cc2ccc(Br)s2)CCOC1C1CC1. The maximum Gasteiger partial charge on any atom is 0.0786 e. The van der Waals surface area contributed by atoms with Crippen LogP contribution in [0, 0.1) is 5.92 Å². The van der Waals surface area contributed by atoms with Crippen molar-refractivity contribution < 1.29 is 4.74 Å². The lowest BCUT2D eigenvalue weighted by Gasteiger charge is -2.29. The molecule has 2 unspecified atom stereocenters. The van der Waals surface area contributed by atoms with Crippen molar-refractivity contribution >= 4 is 27.3 Å². The minimum atomic E-state index is -0.120. The molecule has 0 spiro atoms. The van der Waals surface area contributed by atoms with Crippen molar-refractivity contribution in [3.8, 4) is 0 Å². The summed E-state index contributed by atoms with van der Waals surface area (Å²) < 4.78 is 7.03. The molecule has 1 aromatic rings. The van der Waals surface area contributed by atoms with Gasteiger partial charge in [0.2, 0.25) is 0 Å². The van der Waals surface area contributed by atoms with Crippen LogP contribution < -0.4 is 5.73 Å². The molecule has 3 rings (SSSR count). The summed E-state index contributed by atoms with van der Waals surface area (Å²) in [4.78, 5) is 1.37. The molecule has 1 aliphatic carbocycles. The number of ether oxygens (including phenoxy) is 1. The highest BCUT2D eigenvalue weighted by molar-refractivity contribution is 9.11. The molecule has 2 heterocycles. The summed E-state index contributed by atoms with van der Waals surface area (Å²) in [6.45, 7) is 0.838. The summed E-state index contributed by atoms with van der Waals surface area (Å²) in [6, 6.07) is 4.27. The molecule has 16 heavy (non-hydrogen) atoms. The molecular formula is C12H16BrNOS. The lowest BCUT2D eigenvalue weighted by Crippen LogP contribution is -2.50. The molecule has 1 saturated carbocycles. The Kier molecular flexibility index (Phi) is 2.86. The van der Waals surface area contributed by atoms with E-state index in [4.69, 9.17) is 10.5 Å². The highest BCUT2D eigenvalue weighted by Gasteiger charge is 2.48. The van der Waals surface area contributed by atoms with E-state index in [1.165, 1.54) is 21.5 Å². The fourth-order valence-electron chi connectivity index (χ4n) is 2.65. The quantitative estimate of drug-likeness (QED) is 0.931. The van der Waals surface area contributed by atoms with Gasteiger partial charge < -0.3 is 10.5 Å². The molecule has 0 aromatic carbocycles. The maximum atomic E-state index is 6.55. The van der Waals surface area contributed by atoms with Crippen LogP contribution in [-0.2, 0) is 11.2 Å². The van der Waals surface area contributed by atoms with Crippen LogP contribution >= 0.6 is 27.3 Å². The Hall–Kier alpha value is 0.1000. The minimum Gasteiger partial charge on any atom is -0.376 e. The van der Waals surface area contributed by atoms with E-state index in [-0.39, 0.29) is 5.54 Å². The number of halogens is 1. The molecule has 1 aliphatic heterocycles. The van der Waals surface area contributed by atoms with E-state index in [0.29, 0.717) is 6.10 Å². The average Bonchev–Trinajstić information content (AvgIpc) is 2.89. The Bertz CT molecular complexity index is 390. The van der Waals surface area contributed by atoms with Crippen LogP contribution in [0.5, 0.6) is 0 Å². The summed E-state index contributed by atoms with van der Waals surface area (Å²) in [5, 5.41) is 0. The van der Waals surface area contributed by atoms with E-state index in [9.17, 15) is 0 Å². The first-order valence-corrected chi connectivity index (χ1v) is 7.43. The Labute approximate surface area is 108 Å². The number of rotatable bonds is 3. The van der Waals surface area contributed by atoms with Gasteiger partial charge in [0.25, 0.3) is 0 Å². The first kappa shape index (κ1) is 11.2. The van der Waals surface area contributed by atoms with Crippen LogP contribution in [0.2, 0.25) is 0 Å². The van der Waals surface area contributed by atoms with Crippen LogP contribution in [-0.4, -0.2) is 18.2 Å². The molecule has 2 N–H and O–H groups in total. The molecular weight excluding hydrogens is 286 g/mol. The third-order valence-corrected chi connectivity index (χ3v) is 5.24. The largest absolute Gasteiger partial charge is 0.376 e. The molecule has 1 aromatic heterocycles. The second-order valence-corrected chi connectivity index (χ2v) is 7.54. The molecule has 2 fully saturated rings. The maximum absolute atomic E-state index is 6.55.